The first kappa shape index (κ1) is 25.7. The summed E-state index contributed by atoms with van der Waals surface area (Å²) in [6, 6.07) is 16.4. The number of halogens is 4. The van der Waals surface area contributed by atoms with Crippen molar-refractivity contribution in [1.82, 2.24) is 15.3 Å². The van der Waals surface area contributed by atoms with Gasteiger partial charge in [-0.25, -0.2) is 4.98 Å². The average Bonchev–Trinajstić information content (AvgIpc) is 3.32. The Kier molecular flexibility index (Phi) is 7.24. The van der Waals surface area contributed by atoms with Crippen LogP contribution in [0.25, 0.3) is 0 Å². The summed E-state index contributed by atoms with van der Waals surface area (Å²) in [5.41, 5.74) is 1.94. The van der Waals surface area contributed by atoms with Crippen molar-refractivity contribution < 1.29 is 17.9 Å². The highest BCUT2D eigenvalue weighted by Gasteiger charge is 2.36. The van der Waals surface area contributed by atoms with Crippen LogP contribution < -0.4 is 15.5 Å². The highest BCUT2D eigenvalue weighted by Crippen LogP contribution is 2.36. The maximum atomic E-state index is 13.7. The highest BCUT2D eigenvalue weighted by atomic mass is 35.5. The van der Waals surface area contributed by atoms with Crippen molar-refractivity contribution in [2.24, 2.45) is 0 Å². The molecular formula is C26H25ClF3N5OS. The summed E-state index contributed by atoms with van der Waals surface area (Å²) in [7, 11) is 0. The lowest BCUT2D eigenvalue weighted by atomic mass is 9.74. The predicted octanol–water partition coefficient (Wildman–Crippen LogP) is 5.70. The first-order chi connectivity index (χ1) is 17.7. The van der Waals surface area contributed by atoms with Crippen molar-refractivity contribution in [2.75, 3.05) is 30.0 Å². The van der Waals surface area contributed by atoms with Gasteiger partial charge in [0.25, 0.3) is 0 Å². The van der Waals surface area contributed by atoms with Gasteiger partial charge in [0.15, 0.2) is 10.8 Å². The lowest BCUT2D eigenvalue weighted by Gasteiger charge is -2.38. The Labute approximate surface area is 223 Å². The number of hydrogen-bond acceptors (Lipinski definition) is 5. The first-order valence-corrected chi connectivity index (χ1v) is 12.7. The minimum absolute atomic E-state index is 0.148. The number of aromatic nitrogens is 2. The van der Waals surface area contributed by atoms with E-state index in [0.29, 0.717) is 37.9 Å². The lowest BCUT2D eigenvalue weighted by molar-refractivity contribution is -0.141. The average molecular weight is 548 g/mol. The number of ether oxygens (including phenoxy) is 1. The summed E-state index contributed by atoms with van der Waals surface area (Å²) >= 11 is 11.5. The maximum Gasteiger partial charge on any atom is 0.433 e. The molecular weight excluding hydrogens is 523 g/mol. The van der Waals surface area contributed by atoms with Crippen LogP contribution in [0.3, 0.4) is 0 Å². The van der Waals surface area contributed by atoms with E-state index in [-0.39, 0.29) is 22.3 Å². The fourth-order valence-corrected chi connectivity index (χ4v) is 5.11. The fourth-order valence-electron chi connectivity index (χ4n) is 4.82. The van der Waals surface area contributed by atoms with Gasteiger partial charge < -0.3 is 20.3 Å². The van der Waals surface area contributed by atoms with Gasteiger partial charge in [0.1, 0.15) is 5.82 Å². The van der Waals surface area contributed by atoms with E-state index in [1.165, 1.54) is 0 Å². The molecule has 6 nitrogen and oxygen atoms in total. The molecule has 0 spiro atoms. The van der Waals surface area contributed by atoms with Crippen LogP contribution in [-0.2, 0) is 29.4 Å². The third-order valence-corrected chi connectivity index (χ3v) is 7.39. The molecule has 0 aliphatic carbocycles. The fraction of sp³-hybridized carbons (Fsp3) is 0.346. The second-order valence-corrected chi connectivity index (χ2v) is 10.1. The van der Waals surface area contributed by atoms with Crippen molar-refractivity contribution in [2.45, 2.75) is 37.5 Å². The molecule has 11 heteroatoms. The van der Waals surface area contributed by atoms with Gasteiger partial charge in [-0.15, -0.1) is 0 Å². The molecule has 0 saturated carbocycles. The van der Waals surface area contributed by atoms with Crippen LogP contribution in [-0.4, -0.2) is 34.8 Å². The Morgan fingerprint density at radius 1 is 1.03 bits per heavy atom. The second-order valence-electron chi connectivity index (χ2n) is 9.26. The van der Waals surface area contributed by atoms with Crippen LogP contribution in [0.2, 0.25) is 5.02 Å². The van der Waals surface area contributed by atoms with Gasteiger partial charge in [0, 0.05) is 49.4 Å². The molecule has 37 heavy (non-hydrogen) atoms. The zero-order chi connectivity index (χ0) is 26.0. The number of rotatable bonds is 5. The van der Waals surface area contributed by atoms with Crippen molar-refractivity contribution in [1.29, 1.82) is 0 Å². The number of nitrogens with zero attached hydrogens (tertiary/aromatic N) is 3. The summed E-state index contributed by atoms with van der Waals surface area (Å²) < 4.78 is 46.6. The third kappa shape index (κ3) is 5.81. The number of hydrogen-bond donors (Lipinski definition) is 2. The standard InChI is InChI=1S/C26H25ClF3N5OS/c27-20-7-5-19(6-8-20)25(9-11-36-12-10-25)16-31-24(37)34-23-32-21(26(28,29)30)13-22(33-23)35-14-17-3-1-2-4-18(17)15-35/h1-8,13H,9-12,14-16H2,(H2,31,32,33,34,37). The largest absolute Gasteiger partial charge is 0.433 e. The molecule has 1 fully saturated rings. The Morgan fingerprint density at radius 2 is 1.68 bits per heavy atom. The number of anilines is 2. The normalized spacial score (nSPS) is 16.8. The number of nitrogens with one attached hydrogen (secondary N) is 2. The summed E-state index contributed by atoms with van der Waals surface area (Å²) in [5.74, 6) is -0.0170. The van der Waals surface area contributed by atoms with Crippen molar-refractivity contribution >= 4 is 40.7 Å². The highest BCUT2D eigenvalue weighted by molar-refractivity contribution is 7.80. The molecule has 1 aromatic heterocycles. The molecule has 0 amide bonds. The Balaban J connectivity index is 1.33. The van der Waals surface area contributed by atoms with Crippen LogP contribution in [0.5, 0.6) is 0 Å². The van der Waals surface area contributed by atoms with Gasteiger partial charge in [-0.3, -0.25) is 0 Å². The first-order valence-electron chi connectivity index (χ1n) is 11.9. The maximum absolute atomic E-state index is 13.7. The van der Waals surface area contributed by atoms with Crippen molar-refractivity contribution in [3.63, 3.8) is 0 Å². The summed E-state index contributed by atoms with van der Waals surface area (Å²) in [4.78, 5) is 9.87. The number of thiocarbonyl (C=S) groups is 1. The molecule has 2 N–H and O–H groups in total. The van der Waals surface area contributed by atoms with Gasteiger partial charge in [0.2, 0.25) is 5.95 Å². The molecule has 3 heterocycles. The van der Waals surface area contributed by atoms with Gasteiger partial charge >= 0.3 is 6.18 Å². The molecule has 3 aromatic rings. The van der Waals surface area contributed by atoms with E-state index in [1.54, 1.807) is 4.90 Å². The van der Waals surface area contributed by atoms with Crippen LogP contribution in [0, 0.1) is 0 Å². The zero-order valence-corrected chi connectivity index (χ0v) is 21.4. The van der Waals surface area contributed by atoms with Crippen LogP contribution >= 0.6 is 23.8 Å². The third-order valence-electron chi connectivity index (χ3n) is 6.89. The summed E-state index contributed by atoms with van der Waals surface area (Å²) in [6.07, 6.45) is -3.09. The van der Waals surface area contributed by atoms with Crippen LogP contribution in [0.15, 0.2) is 54.6 Å². The quantitative estimate of drug-likeness (QED) is 0.397. The van der Waals surface area contributed by atoms with Crippen LogP contribution in [0.1, 0.15) is 35.2 Å². The lowest BCUT2D eigenvalue weighted by Crippen LogP contribution is -2.45. The Morgan fingerprint density at radius 3 is 2.30 bits per heavy atom. The number of alkyl halides is 3. The minimum Gasteiger partial charge on any atom is -0.381 e. The van der Waals surface area contributed by atoms with E-state index in [4.69, 9.17) is 28.6 Å². The van der Waals surface area contributed by atoms with Gasteiger partial charge in [-0.2, -0.15) is 18.2 Å². The van der Waals surface area contributed by atoms with E-state index < -0.39 is 11.9 Å². The van der Waals surface area contributed by atoms with Gasteiger partial charge in [-0.1, -0.05) is 48.0 Å². The van der Waals surface area contributed by atoms with Gasteiger partial charge in [-0.05, 0) is 53.9 Å². The molecule has 1 saturated heterocycles. The molecule has 2 aliphatic rings. The molecule has 0 radical (unpaired) electrons. The molecule has 0 atom stereocenters. The van der Waals surface area contributed by atoms with E-state index in [1.807, 2.05) is 48.5 Å². The summed E-state index contributed by atoms with van der Waals surface area (Å²) in [6.45, 7) is 2.61. The Bertz CT molecular complexity index is 1260. The number of fused-ring (bicyclic) bond motifs is 1. The van der Waals surface area contributed by atoms with E-state index in [9.17, 15) is 13.2 Å². The van der Waals surface area contributed by atoms with Crippen LogP contribution in [0.4, 0.5) is 24.9 Å². The Hall–Kier alpha value is -2.95. The zero-order valence-electron chi connectivity index (χ0n) is 19.8. The van der Waals surface area contributed by atoms with E-state index >= 15 is 0 Å². The summed E-state index contributed by atoms with van der Waals surface area (Å²) in [5, 5.41) is 6.74. The predicted molar refractivity (Wildman–Crippen MR) is 141 cm³/mol. The molecule has 194 valence electrons. The second kappa shape index (κ2) is 10.4. The number of benzene rings is 2. The van der Waals surface area contributed by atoms with Crippen molar-refractivity contribution in [3.05, 3.63) is 82.0 Å². The SMILES string of the molecule is FC(F)(F)c1cc(N2Cc3ccccc3C2)nc(NC(=S)NCC2(c3ccc(Cl)cc3)CCOCC2)n1. The molecule has 0 unspecified atom stereocenters. The monoisotopic (exact) mass is 547 g/mol. The topological polar surface area (TPSA) is 62.3 Å². The van der Waals surface area contributed by atoms with E-state index in [2.05, 4.69) is 20.6 Å². The van der Waals surface area contributed by atoms with Gasteiger partial charge in [0.05, 0.1) is 0 Å². The molecule has 5 rings (SSSR count). The minimum atomic E-state index is -4.63. The smallest absolute Gasteiger partial charge is 0.381 e. The molecule has 2 aromatic carbocycles. The molecule has 0 bridgehead atoms. The van der Waals surface area contributed by atoms with E-state index in [0.717, 1.165) is 35.6 Å². The van der Waals surface area contributed by atoms with Crippen molar-refractivity contribution in [3.8, 4) is 0 Å². The molecule has 2 aliphatic heterocycles.